The average Bonchev–Trinajstić information content (AvgIpc) is 2.92. The highest BCUT2D eigenvalue weighted by atomic mass is 16.2. The molecule has 0 aliphatic heterocycles. The first-order chi connectivity index (χ1) is 8.66. The molecule has 0 saturated carbocycles. The minimum Gasteiger partial charge on any atom is -0.383 e. The second-order valence-corrected chi connectivity index (χ2v) is 4.18. The van der Waals surface area contributed by atoms with Crippen LogP contribution in [0.1, 0.15) is 16.1 Å². The summed E-state index contributed by atoms with van der Waals surface area (Å²) < 4.78 is 1.23. The minimum absolute atomic E-state index is 0.224. The van der Waals surface area contributed by atoms with Gasteiger partial charge in [0.25, 0.3) is 5.91 Å². The number of rotatable bonds is 1. The van der Waals surface area contributed by atoms with Crippen molar-refractivity contribution in [1.82, 2.24) is 14.8 Å². The Morgan fingerprint density at radius 3 is 2.89 bits per heavy atom. The largest absolute Gasteiger partial charge is 0.383 e. The number of aryl methyl sites for hydroxylation is 1. The maximum atomic E-state index is 12.4. The smallest absolute Gasteiger partial charge is 0.282 e. The molecule has 0 aliphatic carbocycles. The molecule has 5 nitrogen and oxygen atoms in total. The van der Waals surface area contributed by atoms with Crippen LogP contribution in [-0.2, 0) is 0 Å². The molecule has 2 heterocycles. The molecule has 3 rings (SSSR count). The second-order valence-electron chi connectivity index (χ2n) is 4.18. The summed E-state index contributed by atoms with van der Waals surface area (Å²) in [5.41, 5.74) is 7.97. The minimum atomic E-state index is -0.224. The zero-order valence-corrected chi connectivity index (χ0v) is 9.84. The predicted molar refractivity (Wildman–Crippen MR) is 69.4 cm³/mol. The van der Waals surface area contributed by atoms with E-state index in [1.54, 1.807) is 19.2 Å². The van der Waals surface area contributed by atoms with Crippen LogP contribution in [0.4, 0.5) is 5.82 Å². The number of hydrogen-bond acceptors (Lipinski definition) is 3. The topological polar surface area (TPSA) is 76.7 Å². The van der Waals surface area contributed by atoms with Crippen molar-refractivity contribution in [3.8, 4) is 0 Å². The molecule has 0 aliphatic rings. The van der Waals surface area contributed by atoms with E-state index in [0.29, 0.717) is 11.4 Å². The Morgan fingerprint density at radius 1 is 1.39 bits per heavy atom. The van der Waals surface area contributed by atoms with E-state index in [9.17, 15) is 4.79 Å². The molecule has 3 aromatic rings. The number of nitrogens with two attached hydrogens (primary N) is 1. The Balaban J connectivity index is 2.15. The summed E-state index contributed by atoms with van der Waals surface area (Å²) in [6.07, 6.45) is 1.68. The Labute approximate surface area is 103 Å². The first-order valence-electron chi connectivity index (χ1n) is 5.60. The molecule has 18 heavy (non-hydrogen) atoms. The molecule has 0 fully saturated rings. The normalized spacial score (nSPS) is 10.9. The molecule has 0 amide bonds. The summed E-state index contributed by atoms with van der Waals surface area (Å²) in [7, 11) is 0. The Hall–Kier alpha value is -2.56. The van der Waals surface area contributed by atoms with Crippen LogP contribution in [0.2, 0.25) is 0 Å². The summed E-state index contributed by atoms with van der Waals surface area (Å²) in [5.74, 6) is 0.126. The van der Waals surface area contributed by atoms with Crippen LogP contribution in [0.25, 0.3) is 10.9 Å². The fourth-order valence-electron chi connectivity index (χ4n) is 2.04. The van der Waals surface area contributed by atoms with Crippen LogP contribution < -0.4 is 5.73 Å². The Morgan fingerprint density at radius 2 is 2.17 bits per heavy atom. The van der Waals surface area contributed by atoms with Gasteiger partial charge in [-0.1, -0.05) is 18.2 Å². The molecule has 0 unspecified atom stereocenters. The van der Waals surface area contributed by atoms with Crippen LogP contribution in [0, 0.1) is 6.92 Å². The lowest BCUT2D eigenvalue weighted by atomic mass is 10.1. The molecular weight excluding hydrogens is 228 g/mol. The highest BCUT2D eigenvalue weighted by molar-refractivity contribution is 6.08. The van der Waals surface area contributed by atoms with Crippen LogP contribution in [0.15, 0.2) is 36.5 Å². The molecule has 3 N–H and O–H groups in total. The van der Waals surface area contributed by atoms with Crippen LogP contribution in [-0.4, -0.2) is 20.7 Å². The van der Waals surface area contributed by atoms with Crippen molar-refractivity contribution in [3.05, 3.63) is 47.8 Å². The molecule has 0 radical (unpaired) electrons. The average molecular weight is 240 g/mol. The van der Waals surface area contributed by atoms with Crippen LogP contribution >= 0.6 is 0 Å². The summed E-state index contributed by atoms with van der Waals surface area (Å²) >= 11 is 0. The number of H-pyrrole nitrogens is 1. The molecule has 5 heteroatoms. The summed E-state index contributed by atoms with van der Waals surface area (Å²) in [4.78, 5) is 15.4. The number of nitrogens with zero attached hydrogens (tertiary/aromatic N) is 2. The van der Waals surface area contributed by atoms with Crippen LogP contribution in [0.5, 0.6) is 0 Å². The first kappa shape index (κ1) is 10.6. The fourth-order valence-corrected chi connectivity index (χ4v) is 2.04. The highest BCUT2D eigenvalue weighted by Crippen LogP contribution is 2.19. The number of nitrogens with one attached hydrogen (secondary N) is 1. The predicted octanol–water partition coefficient (Wildman–Crippen LogP) is 1.94. The van der Waals surface area contributed by atoms with Crippen molar-refractivity contribution in [1.29, 1.82) is 0 Å². The molecule has 0 atom stereocenters. The van der Waals surface area contributed by atoms with E-state index in [2.05, 4.69) is 10.1 Å². The number of hydrogen-bond donors (Lipinski definition) is 2. The van der Waals surface area contributed by atoms with Gasteiger partial charge in [-0.3, -0.25) is 4.79 Å². The number of benzene rings is 1. The molecule has 0 bridgehead atoms. The lowest BCUT2D eigenvalue weighted by molar-refractivity contribution is 0.0949. The van der Waals surface area contributed by atoms with Gasteiger partial charge >= 0.3 is 0 Å². The van der Waals surface area contributed by atoms with E-state index >= 15 is 0 Å². The van der Waals surface area contributed by atoms with E-state index in [1.807, 2.05) is 24.3 Å². The van der Waals surface area contributed by atoms with Crippen molar-refractivity contribution in [3.63, 3.8) is 0 Å². The monoisotopic (exact) mass is 240 g/mol. The van der Waals surface area contributed by atoms with Gasteiger partial charge in [0.15, 0.2) is 0 Å². The quantitative estimate of drug-likeness (QED) is 0.682. The molecule has 90 valence electrons. The SMILES string of the molecule is Cc1cc(N)n(C(=O)c2c[nH]c3ccccc23)n1. The van der Waals surface area contributed by atoms with Crippen molar-refractivity contribution >= 4 is 22.6 Å². The standard InChI is InChI=1S/C13H12N4O/c1-8-6-12(14)17(16-8)13(18)10-7-15-11-5-3-2-4-9(10)11/h2-7,15H,14H2,1H3. The maximum absolute atomic E-state index is 12.4. The van der Waals surface area contributed by atoms with Gasteiger partial charge in [-0.2, -0.15) is 9.78 Å². The maximum Gasteiger partial charge on any atom is 0.282 e. The van der Waals surface area contributed by atoms with Gasteiger partial charge in [0.05, 0.1) is 11.3 Å². The van der Waals surface area contributed by atoms with Crippen LogP contribution in [0.3, 0.4) is 0 Å². The molecule has 2 aromatic heterocycles. The van der Waals surface area contributed by atoms with Gasteiger partial charge in [-0.25, -0.2) is 0 Å². The van der Waals surface area contributed by atoms with E-state index in [-0.39, 0.29) is 5.91 Å². The van der Waals surface area contributed by atoms with E-state index < -0.39 is 0 Å². The molecule has 0 spiro atoms. The molecular formula is C13H12N4O. The van der Waals surface area contributed by atoms with Crippen molar-refractivity contribution < 1.29 is 4.79 Å². The van der Waals surface area contributed by atoms with Gasteiger partial charge in [0.2, 0.25) is 0 Å². The zero-order valence-electron chi connectivity index (χ0n) is 9.84. The number of nitrogen functional groups attached to an aromatic ring is 1. The summed E-state index contributed by atoms with van der Waals surface area (Å²) in [6.45, 7) is 1.80. The molecule has 0 saturated heterocycles. The Kier molecular flexibility index (Phi) is 2.19. The van der Waals surface area contributed by atoms with Gasteiger partial charge in [0.1, 0.15) is 5.82 Å². The number of carbonyl (C=O) groups is 1. The summed E-state index contributed by atoms with van der Waals surface area (Å²) in [6, 6.07) is 9.30. The lowest BCUT2D eigenvalue weighted by Crippen LogP contribution is -2.15. The number of anilines is 1. The third-order valence-electron chi connectivity index (χ3n) is 2.87. The number of aromatic amines is 1. The van der Waals surface area contributed by atoms with Crippen molar-refractivity contribution in [2.45, 2.75) is 6.92 Å². The van der Waals surface area contributed by atoms with Gasteiger partial charge in [0, 0.05) is 23.2 Å². The number of fused-ring (bicyclic) bond motifs is 1. The summed E-state index contributed by atoms with van der Waals surface area (Å²) in [5, 5.41) is 4.97. The first-order valence-corrected chi connectivity index (χ1v) is 5.60. The number of para-hydroxylation sites is 1. The number of aromatic nitrogens is 3. The molecule has 1 aromatic carbocycles. The van der Waals surface area contributed by atoms with E-state index in [4.69, 9.17) is 5.73 Å². The lowest BCUT2D eigenvalue weighted by Gasteiger charge is -2.01. The van der Waals surface area contributed by atoms with Gasteiger partial charge < -0.3 is 10.7 Å². The third kappa shape index (κ3) is 1.48. The van der Waals surface area contributed by atoms with Gasteiger partial charge in [-0.05, 0) is 13.0 Å². The zero-order chi connectivity index (χ0) is 12.7. The Bertz CT molecular complexity index is 738. The number of carbonyl (C=O) groups excluding carboxylic acids is 1. The van der Waals surface area contributed by atoms with Crippen molar-refractivity contribution in [2.24, 2.45) is 0 Å². The third-order valence-corrected chi connectivity index (χ3v) is 2.87. The van der Waals surface area contributed by atoms with E-state index in [0.717, 1.165) is 16.6 Å². The van der Waals surface area contributed by atoms with Gasteiger partial charge in [-0.15, -0.1) is 0 Å². The van der Waals surface area contributed by atoms with E-state index in [1.165, 1.54) is 4.68 Å². The second kappa shape index (κ2) is 3.73. The fraction of sp³-hybridized carbons (Fsp3) is 0.0769. The van der Waals surface area contributed by atoms with Crippen molar-refractivity contribution in [2.75, 3.05) is 5.73 Å². The highest BCUT2D eigenvalue weighted by Gasteiger charge is 2.16.